The zero-order chi connectivity index (χ0) is 22.5. The van der Waals surface area contributed by atoms with Gasteiger partial charge < -0.3 is 14.6 Å². The van der Waals surface area contributed by atoms with Gasteiger partial charge in [0.25, 0.3) is 0 Å². The Morgan fingerprint density at radius 2 is 1.84 bits per heavy atom. The van der Waals surface area contributed by atoms with Crippen LogP contribution in [0, 0.1) is 13.8 Å². The van der Waals surface area contributed by atoms with Gasteiger partial charge in [0, 0.05) is 12.2 Å². The molecule has 164 valence electrons. The number of fused-ring (bicyclic) bond motifs is 1. The highest BCUT2D eigenvalue weighted by molar-refractivity contribution is 7.99. The summed E-state index contributed by atoms with van der Waals surface area (Å²) in [7, 11) is 0. The summed E-state index contributed by atoms with van der Waals surface area (Å²) in [5.74, 6) is 1.76. The van der Waals surface area contributed by atoms with Gasteiger partial charge >= 0.3 is 0 Å². The van der Waals surface area contributed by atoms with Crippen molar-refractivity contribution in [3.63, 3.8) is 0 Å². The highest BCUT2D eigenvalue weighted by Crippen LogP contribution is 2.23. The lowest BCUT2D eigenvalue weighted by molar-refractivity contribution is -0.113. The first kappa shape index (κ1) is 21.9. The van der Waals surface area contributed by atoms with Gasteiger partial charge in [-0.25, -0.2) is 0 Å². The first-order chi connectivity index (χ1) is 15.5. The van der Waals surface area contributed by atoms with E-state index in [-0.39, 0.29) is 11.7 Å². The fourth-order valence-corrected chi connectivity index (χ4v) is 4.29. The standard InChI is InChI=1S/C25H26N4O2S/c1-4-29-23(15-31-22-11-7-8-17(2)18(22)3)27-28-25(29)32-16-24(30)26-21-13-12-19-9-5-6-10-20(19)14-21/h5-14H,4,15-16H2,1-3H3,(H,26,30). The number of aryl methyl sites for hydroxylation is 1. The smallest absolute Gasteiger partial charge is 0.234 e. The number of hydrogen-bond acceptors (Lipinski definition) is 5. The van der Waals surface area contributed by atoms with Gasteiger partial charge in [0.15, 0.2) is 11.0 Å². The number of anilines is 1. The Balaban J connectivity index is 1.37. The molecule has 0 unspecified atom stereocenters. The van der Waals surface area contributed by atoms with E-state index in [4.69, 9.17) is 4.74 Å². The summed E-state index contributed by atoms with van der Waals surface area (Å²) in [6.07, 6.45) is 0. The quantitative estimate of drug-likeness (QED) is 0.368. The van der Waals surface area contributed by atoms with E-state index in [1.54, 1.807) is 0 Å². The maximum atomic E-state index is 12.5. The van der Waals surface area contributed by atoms with E-state index in [9.17, 15) is 4.79 Å². The van der Waals surface area contributed by atoms with Crippen LogP contribution in [0.25, 0.3) is 10.8 Å². The average Bonchev–Trinajstić information content (AvgIpc) is 3.20. The molecule has 1 N–H and O–H groups in total. The molecule has 0 aliphatic heterocycles. The summed E-state index contributed by atoms with van der Waals surface area (Å²) in [5, 5.41) is 14.5. The molecular weight excluding hydrogens is 420 g/mol. The maximum absolute atomic E-state index is 12.5. The third kappa shape index (κ3) is 4.94. The van der Waals surface area contributed by atoms with E-state index < -0.39 is 0 Å². The molecule has 4 rings (SSSR count). The summed E-state index contributed by atoms with van der Waals surface area (Å²) < 4.78 is 7.97. The molecule has 1 aromatic heterocycles. The van der Waals surface area contributed by atoms with Crippen molar-refractivity contribution in [1.29, 1.82) is 0 Å². The molecule has 0 saturated carbocycles. The molecule has 0 bridgehead atoms. The van der Waals surface area contributed by atoms with Crippen LogP contribution in [0.15, 0.2) is 65.8 Å². The summed E-state index contributed by atoms with van der Waals surface area (Å²) in [5.41, 5.74) is 3.09. The van der Waals surface area contributed by atoms with E-state index in [1.165, 1.54) is 17.3 Å². The molecule has 4 aromatic rings. The highest BCUT2D eigenvalue weighted by atomic mass is 32.2. The zero-order valence-corrected chi connectivity index (χ0v) is 19.3. The molecule has 1 heterocycles. The Morgan fingerprint density at radius 3 is 2.66 bits per heavy atom. The highest BCUT2D eigenvalue weighted by Gasteiger charge is 2.14. The van der Waals surface area contributed by atoms with Crippen LogP contribution in [-0.2, 0) is 17.9 Å². The minimum atomic E-state index is -0.0795. The number of thioether (sulfide) groups is 1. The first-order valence-electron chi connectivity index (χ1n) is 10.6. The van der Waals surface area contributed by atoms with Crippen molar-refractivity contribution in [2.45, 2.75) is 39.1 Å². The third-order valence-electron chi connectivity index (χ3n) is 5.39. The molecule has 0 radical (unpaired) electrons. The van der Waals surface area contributed by atoms with E-state index in [2.05, 4.69) is 34.6 Å². The number of amides is 1. The molecule has 0 atom stereocenters. The van der Waals surface area contributed by atoms with Crippen LogP contribution in [-0.4, -0.2) is 26.4 Å². The van der Waals surface area contributed by atoms with E-state index in [1.807, 2.05) is 66.9 Å². The number of ether oxygens (including phenoxy) is 1. The molecule has 3 aromatic carbocycles. The summed E-state index contributed by atoms with van der Waals surface area (Å²) in [4.78, 5) is 12.5. The minimum Gasteiger partial charge on any atom is -0.485 e. The Morgan fingerprint density at radius 1 is 1.03 bits per heavy atom. The molecule has 7 heteroatoms. The zero-order valence-electron chi connectivity index (χ0n) is 18.5. The largest absolute Gasteiger partial charge is 0.485 e. The van der Waals surface area contributed by atoms with Gasteiger partial charge in [-0.15, -0.1) is 10.2 Å². The predicted molar refractivity (Wildman–Crippen MR) is 129 cm³/mol. The Bertz CT molecular complexity index is 1250. The molecule has 0 fully saturated rings. The van der Waals surface area contributed by atoms with Gasteiger partial charge in [0.1, 0.15) is 12.4 Å². The normalized spacial score (nSPS) is 11.0. The number of nitrogens with one attached hydrogen (secondary N) is 1. The van der Waals surface area contributed by atoms with Gasteiger partial charge in [-0.05, 0) is 60.9 Å². The topological polar surface area (TPSA) is 69.0 Å². The van der Waals surface area contributed by atoms with Crippen molar-refractivity contribution < 1.29 is 9.53 Å². The van der Waals surface area contributed by atoms with Crippen molar-refractivity contribution in [2.75, 3.05) is 11.1 Å². The van der Waals surface area contributed by atoms with Crippen molar-refractivity contribution in [1.82, 2.24) is 14.8 Å². The van der Waals surface area contributed by atoms with Crippen LogP contribution in [0.4, 0.5) is 5.69 Å². The van der Waals surface area contributed by atoms with Crippen LogP contribution in [0.2, 0.25) is 0 Å². The monoisotopic (exact) mass is 446 g/mol. The Labute approximate surface area is 192 Å². The molecule has 0 aliphatic carbocycles. The van der Waals surface area contributed by atoms with E-state index >= 15 is 0 Å². The second kappa shape index (κ2) is 9.87. The van der Waals surface area contributed by atoms with E-state index in [0.29, 0.717) is 18.3 Å². The van der Waals surface area contributed by atoms with Gasteiger partial charge in [-0.3, -0.25) is 4.79 Å². The van der Waals surface area contributed by atoms with Gasteiger partial charge in [0.05, 0.1) is 5.75 Å². The summed E-state index contributed by atoms with van der Waals surface area (Å²) >= 11 is 1.37. The number of nitrogens with zero attached hydrogens (tertiary/aromatic N) is 3. The Kier molecular flexibility index (Phi) is 6.75. The fourth-order valence-electron chi connectivity index (χ4n) is 3.47. The maximum Gasteiger partial charge on any atom is 0.234 e. The number of carbonyl (C=O) groups is 1. The van der Waals surface area contributed by atoms with Crippen LogP contribution < -0.4 is 10.1 Å². The number of benzene rings is 3. The molecule has 0 saturated heterocycles. The molecular formula is C25H26N4O2S. The van der Waals surface area contributed by atoms with Crippen LogP contribution in [0.1, 0.15) is 23.9 Å². The Hall–Kier alpha value is -3.32. The van der Waals surface area contributed by atoms with Gasteiger partial charge in [-0.2, -0.15) is 0 Å². The number of carbonyl (C=O) groups excluding carboxylic acids is 1. The summed E-state index contributed by atoms with van der Waals surface area (Å²) in [6.45, 7) is 7.17. The second-order valence-electron chi connectivity index (χ2n) is 7.53. The van der Waals surface area contributed by atoms with Crippen molar-refractivity contribution >= 4 is 34.1 Å². The summed E-state index contributed by atoms with van der Waals surface area (Å²) in [6, 6.07) is 20.0. The first-order valence-corrected chi connectivity index (χ1v) is 11.6. The molecule has 6 nitrogen and oxygen atoms in total. The molecule has 32 heavy (non-hydrogen) atoms. The van der Waals surface area contributed by atoms with Crippen molar-refractivity contribution in [3.05, 3.63) is 77.6 Å². The fraction of sp³-hybridized carbons (Fsp3) is 0.240. The lowest BCUT2D eigenvalue weighted by Gasteiger charge is -2.12. The van der Waals surface area contributed by atoms with Gasteiger partial charge in [0.2, 0.25) is 5.91 Å². The molecule has 0 spiro atoms. The molecule has 0 aliphatic rings. The van der Waals surface area contributed by atoms with Crippen molar-refractivity contribution in [3.8, 4) is 5.75 Å². The SMILES string of the molecule is CCn1c(COc2cccc(C)c2C)nnc1SCC(=O)Nc1ccc2ccccc2c1. The van der Waals surface area contributed by atoms with Crippen LogP contribution in [0.5, 0.6) is 5.75 Å². The number of aromatic nitrogens is 3. The van der Waals surface area contributed by atoms with Crippen LogP contribution >= 0.6 is 11.8 Å². The third-order valence-corrected chi connectivity index (χ3v) is 6.35. The second-order valence-corrected chi connectivity index (χ2v) is 8.47. The van der Waals surface area contributed by atoms with Gasteiger partial charge in [-0.1, -0.05) is 54.2 Å². The predicted octanol–water partition coefficient (Wildman–Crippen LogP) is 5.38. The van der Waals surface area contributed by atoms with Crippen LogP contribution in [0.3, 0.4) is 0 Å². The van der Waals surface area contributed by atoms with Crippen molar-refractivity contribution in [2.24, 2.45) is 0 Å². The molecule has 1 amide bonds. The lowest BCUT2D eigenvalue weighted by atomic mass is 10.1. The van der Waals surface area contributed by atoms with E-state index in [0.717, 1.165) is 33.6 Å². The number of hydrogen-bond donors (Lipinski definition) is 1. The minimum absolute atomic E-state index is 0.0795. The lowest BCUT2D eigenvalue weighted by Crippen LogP contribution is -2.15. The number of rotatable bonds is 8. The average molecular weight is 447 g/mol.